The fraction of sp³-hybridized carbons (Fsp3) is 0.929. The van der Waals surface area contributed by atoms with E-state index in [4.69, 9.17) is 15.2 Å². The third-order valence-electron chi connectivity index (χ3n) is 3.67. The number of carbonyl (C=O) groups is 1. The molecule has 18 heavy (non-hydrogen) atoms. The first-order valence-corrected chi connectivity index (χ1v) is 7.10. The zero-order chi connectivity index (χ0) is 13.4. The van der Waals surface area contributed by atoms with Crippen LogP contribution in [0.3, 0.4) is 0 Å². The van der Waals surface area contributed by atoms with Crippen molar-refractivity contribution in [2.75, 3.05) is 19.8 Å². The van der Waals surface area contributed by atoms with Gasteiger partial charge in [-0.3, -0.25) is 4.79 Å². The van der Waals surface area contributed by atoms with Crippen LogP contribution in [-0.4, -0.2) is 31.8 Å². The van der Waals surface area contributed by atoms with E-state index < -0.39 is 0 Å². The summed E-state index contributed by atoms with van der Waals surface area (Å²) in [5, 5.41) is 0. The van der Waals surface area contributed by atoms with Gasteiger partial charge in [-0.15, -0.1) is 0 Å². The van der Waals surface area contributed by atoms with Crippen LogP contribution in [0.5, 0.6) is 0 Å². The molecule has 106 valence electrons. The number of hydrogen-bond acceptors (Lipinski definition) is 4. The maximum atomic E-state index is 11.7. The Morgan fingerprint density at radius 3 is 2.56 bits per heavy atom. The van der Waals surface area contributed by atoms with Crippen molar-refractivity contribution in [1.29, 1.82) is 0 Å². The molecule has 1 aliphatic heterocycles. The molecular weight excluding hydrogens is 230 g/mol. The van der Waals surface area contributed by atoms with Crippen LogP contribution in [0.2, 0.25) is 0 Å². The lowest BCUT2D eigenvalue weighted by atomic mass is 9.88. The molecule has 1 aliphatic rings. The van der Waals surface area contributed by atoms with Gasteiger partial charge in [-0.1, -0.05) is 13.8 Å². The van der Waals surface area contributed by atoms with Gasteiger partial charge in [0.1, 0.15) is 6.10 Å². The van der Waals surface area contributed by atoms with Crippen LogP contribution < -0.4 is 5.73 Å². The summed E-state index contributed by atoms with van der Waals surface area (Å²) in [5.41, 5.74) is 5.59. The highest BCUT2D eigenvalue weighted by molar-refractivity contribution is 5.69. The summed E-state index contributed by atoms with van der Waals surface area (Å²) >= 11 is 0. The van der Waals surface area contributed by atoms with E-state index >= 15 is 0 Å². The fourth-order valence-corrected chi connectivity index (χ4v) is 2.37. The third kappa shape index (κ3) is 5.83. The zero-order valence-electron chi connectivity index (χ0n) is 11.7. The van der Waals surface area contributed by atoms with Gasteiger partial charge in [-0.05, 0) is 31.2 Å². The van der Waals surface area contributed by atoms with Gasteiger partial charge in [0.25, 0.3) is 0 Å². The summed E-state index contributed by atoms with van der Waals surface area (Å²) in [4.78, 5) is 11.7. The first kappa shape index (κ1) is 15.4. The van der Waals surface area contributed by atoms with Gasteiger partial charge in [0, 0.05) is 19.3 Å². The van der Waals surface area contributed by atoms with E-state index in [1.807, 2.05) is 0 Å². The van der Waals surface area contributed by atoms with Gasteiger partial charge in [-0.25, -0.2) is 0 Å². The molecule has 0 saturated carbocycles. The molecule has 0 spiro atoms. The van der Waals surface area contributed by atoms with Crippen molar-refractivity contribution in [2.45, 2.75) is 52.1 Å². The second-order valence-corrected chi connectivity index (χ2v) is 5.42. The maximum Gasteiger partial charge on any atom is 0.306 e. The second kappa shape index (κ2) is 8.48. The number of hydrogen-bond donors (Lipinski definition) is 1. The molecule has 1 unspecified atom stereocenters. The fourth-order valence-electron chi connectivity index (χ4n) is 2.37. The molecule has 4 nitrogen and oxygen atoms in total. The van der Waals surface area contributed by atoms with Crippen LogP contribution in [0, 0.1) is 11.8 Å². The minimum atomic E-state index is -0.0652. The lowest BCUT2D eigenvalue weighted by Gasteiger charge is -2.23. The Morgan fingerprint density at radius 2 is 2.00 bits per heavy atom. The van der Waals surface area contributed by atoms with Crippen LogP contribution in [0.25, 0.3) is 0 Å². The molecule has 4 heteroatoms. The number of rotatable bonds is 7. The number of esters is 1. The first-order chi connectivity index (χ1) is 8.63. The average Bonchev–Trinajstić information content (AvgIpc) is 2.35. The molecule has 1 atom stereocenters. The van der Waals surface area contributed by atoms with Crippen molar-refractivity contribution >= 4 is 5.97 Å². The summed E-state index contributed by atoms with van der Waals surface area (Å²) in [6, 6.07) is 0. The molecule has 0 amide bonds. The molecule has 1 fully saturated rings. The molecule has 0 bridgehead atoms. The van der Waals surface area contributed by atoms with Gasteiger partial charge in [0.2, 0.25) is 0 Å². The van der Waals surface area contributed by atoms with Crippen LogP contribution >= 0.6 is 0 Å². The Bertz CT molecular complexity index is 237. The molecule has 1 saturated heterocycles. The Labute approximate surface area is 110 Å². The average molecular weight is 257 g/mol. The van der Waals surface area contributed by atoms with Gasteiger partial charge in [0.05, 0.1) is 13.2 Å². The summed E-state index contributed by atoms with van der Waals surface area (Å²) in [6.45, 7) is 6.48. The molecule has 0 aromatic rings. The minimum Gasteiger partial charge on any atom is -0.462 e. The Morgan fingerprint density at radius 1 is 1.33 bits per heavy atom. The molecule has 0 aliphatic carbocycles. The van der Waals surface area contributed by atoms with Crippen LogP contribution in [0.15, 0.2) is 0 Å². The molecule has 1 heterocycles. The van der Waals surface area contributed by atoms with E-state index in [9.17, 15) is 4.79 Å². The van der Waals surface area contributed by atoms with E-state index in [0.29, 0.717) is 38.0 Å². The summed E-state index contributed by atoms with van der Waals surface area (Å²) in [7, 11) is 0. The normalized spacial score (nSPS) is 18.9. The lowest BCUT2D eigenvalue weighted by molar-refractivity contribution is -0.153. The lowest BCUT2D eigenvalue weighted by Crippen LogP contribution is -2.26. The van der Waals surface area contributed by atoms with Crippen LogP contribution in [0.1, 0.15) is 46.0 Å². The van der Waals surface area contributed by atoms with Gasteiger partial charge >= 0.3 is 5.97 Å². The summed E-state index contributed by atoms with van der Waals surface area (Å²) in [6.07, 6.45) is 4.13. The highest BCUT2D eigenvalue weighted by Gasteiger charge is 2.20. The van der Waals surface area contributed by atoms with Crippen molar-refractivity contribution in [2.24, 2.45) is 17.6 Å². The van der Waals surface area contributed by atoms with E-state index in [2.05, 4.69) is 13.8 Å². The minimum absolute atomic E-state index is 0.0652. The summed E-state index contributed by atoms with van der Waals surface area (Å²) in [5.74, 6) is 1.03. The Hall–Kier alpha value is -0.610. The molecular formula is C14H27NO3. The Kier molecular flexibility index (Phi) is 7.28. The van der Waals surface area contributed by atoms with Crippen molar-refractivity contribution in [3.8, 4) is 0 Å². The number of ether oxygens (including phenoxy) is 2. The number of carbonyl (C=O) groups excluding carboxylic acids is 1. The molecule has 0 aromatic heterocycles. The van der Waals surface area contributed by atoms with E-state index in [1.54, 1.807) is 0 Å². The quantitative estimate of drug-likeness (QED) is 0.710. The molecule has 1 rings (SSSR count). The smallest absolute Gasteiger partial charge is 0.306 e. The molecule has 0 aromatic carbocycles. The monoisotopic (exact) mass is 257 g/mol. The van der Waals surface area contributed by atoms with Crippen molar-refractivity contribution in [3.63, 3.8) is 0 Å². The predicted molar refractivity (Wildman–Crippen MR) is 71.2 cm³/mol. The highest BCUT2D eigenvalue weighted by atomic mass is 16.5. The standard InChI is InChI=1S/C14H27NO3/c1-11(2)12(5-8-15)3-4-14(16)18-13-6-9-17-10-7-13/h11-13H,3-10,15H2,1-2H3. The van der Waals surface area contributed by atoms with Gasteiger partial charge < -0.3 is 15.2 Å². The van der Waals surface area contributed by atoms with Crippen LogP contribution in [0.4, 0.5) is 0 Å². The highest BCUT2D eigenvalue weighted by Crippen LogP contribution is 2.21. The van der Waals surface area contributed by atoms with Crippen molar-refractivity contribution in [3.05, 3.63) is 0 Å². The van der Waals surface area contributed by atoms with E-state index in [0.717, 1.165) is 25.7 Å². The van der Waals surface area contributed by atoms with E-state index in [-0.39, 0.29) is 12.1 Å². The largest absolute Gasteiger partial charge is 0.462 e. The zero-order valence-corrected chi connectivity index (χ0v) is 11.7. The predicted octanol–water partition coefficient (Wildman–Crippen LogP) is 2.11. The summed E-state index contributed by atoms with van der Waals surface area (Å²) < 4.78 is 10.7. The molecule has 0 radical (unpaired) electrons. The topological polar surface area (TPSA) is 61.6 Å². The van der Waals surface area contributed by atoms with E-state index in [1.165, 1.54) is 0 Å². The molecule has 2 N–H and O–H groups in total. The van der Waals surface area contributed by atoms with Crippen LogP contribution in [-0.2, 0) is 14.3 Å². The maximum absolute atomic E-state index is 11.7. The van der Waals surface area contributed by atoms with Crippen molar-refractivity contribution in [1.82, 2.24) is 0 Å². The van der Waals surface area contributed by atoms with Crippen molar-refractivity contribution < 1.29 is 14.3 Å². The number of nitrogens with two attached hydrogens (primary N) is 1. The Balaban J connectivity index is 2.21. The third-order valence-corrected chi connectivity index (χ3v) is 3.67. The second-order valence-electron chi connectivity index (χ2n) is 5.42. The van der Waals surface area contributed by atoms with Gasteiger partial charge in [0.15, 0.2) is 0 Å². The first-order valence-electron chi connectivity index (χ1n) is 7.10. The SMILES string of the molecule is CC(C)C(CCN)CCC(=O)OC1CCOCC1. The van der Waals surface area contributed by atoms with Gasteiger partial charge in [-0.2, -0.15) is 0 Å².